The van der Waals surface area contributed by atoms with Crippen molar-refractivity contribution in [3.63, 3.8) is 0 Å². The van der Waals surface area contributed by atoms with Gasteiger partial charge < -0.3 is 19.4 Å². The van der Waals surface area contributed by atoms with Gasteiger partial charge in [-0.3, -0.25) is 9.59 Å². The number of esters is 1. The Hall–Kier alpha value is -4.13. The second kappa shape index (κ2) is 9.56. The fraction of sp³-hybridized carbons (Fsp3) is 0.192. The van der Waals surface area contributed by atoms with Gasteiger partial charge in [0.25, 0.3) is 5.56 Å². The van der Waals surface area contributed by atoms with Crippen LogP contribution in [0, 0.1) is 0 Å². The lowest BCUT2D eigenvalue weighted by atomic mass is 10.1. The van der Waals surface area contributed by atoms with Crippen LogP contribution in [0.2, 0.25) is 0 Å². The monoisotopic (exact) mass is 444 g/mol. The summed E-state index contributed by atoms with van der Waals surface area (Å²) in [6.45, 7) is 3.44. The molecule has 3 aromatic carbocycles. The van der Waals surface area contributed by atoms with E-state index in [9.17, 15) is 14.4 Å². The number of carbonyl (C=O) groups is 2. The molecule has 0 spiro atoms. The Bertz CT molecular complexity index is 1390. The predicted octanol–water partition coefficient (Wildman–Crippen LogP) is 4.12. The molecule has 0 fully saturated rings. The summed E-state index contributed by atoms with van der Waals surface area (Å²) in [6, 6.07) is 20.2. The van der Waals surface area contributed by atoms with E-state index < -0.39 is 12.1 Å². The van der Waals surface area contributed by atoms with E-state index in [1.165, 1.54) is 4.57 Å². The third kappa shape index (κ3) is 4.72. The van der Waals surface area contributed by atoms with Crippen molar-refractivity contribution in [2.24, 2.45) is 0 Å². The number of aromatic nitrogens is 1. The summed E-state index contributed by atoms with van der Waals surface area (Å²) < 4.78 is 12.1. The van der Waals surface area contributed by atoms with Crippen LogP contribution in [0.15, 0.2) is 77.7 Å². The van der Waals surface area contributed by atoms with E-state index in [0.717, 1.165) is 10.8 Å². The van der Waals surface area contributed by atoms with E-state index in [4.69, 9.17) is 9.47 Å². The molecule has 0 aliphatic carbocycles. The van der Waals surface area contributed by atoms with Crippen molar-refractivity contribution in [3.05, 3.63) is 83.3 Å². The van der Waals surface area contributed by atoms with Crippen LogP contribution in [0.4, 0.5) is 5.69 Å². The van der Waals surface area contributed by atoms with Gasteiger partial charge in [0.15, 0.2) is 6.10 Å². The van der Waals surface area contributed by atoms with Crippen molar-refractivity contribution in [1.29, 1.82) is 0 Å². The molecule has 0 aliphatic heterocycles. The molecule has 0 radical (unpaired) electrons. The van der Waals surface area contributed by atoms with Crippen molar-refractivity contribution in [1.82, 2.24) is 4.57 Å². The molecule has 0 bridgehead atoms. The lowest BCUT2D eigenvalue weighted by Crippen LogP contribution is -2.28. The minimum atomic E-state index is -0.815. The van der Waals surface area contributed by atoms with Crippen LogP contribution in [-0.2, 0) is 20.9 Å². The molecular weight excluding hydrogens is 420 g/mol. The van der Waals surface area contributed by atoms with E-state index in [0.29, 0.717) is 22.2 Å². The Kier molecular flexibility index (Phi) is 6.40. The van der Waals surface area contributed by atoms with Gasteiger partial charge in [-0.25, -0.2) is 4.79 Å². The molecule has 1 heterocycles. The molecule has 7 nitrogen and oxygen atoms in total. The number of hydrogen-bond acceptors (Lipinski definition) is 5. The minimum Gasteiger partial charge on any atom is -0.478 e. The number of nitrogens with zero attached hydrogens (tertiary/aromatic N) is 1. The third-order valence-corrected chi connectivity index (χ3v) is 5.28. The first-order valence-electron chi connectivity index (χ1n) is 10.7. The zero-order chi connectivity index (χ0) is 23.4. The first-order valence-corrected chi connectivity index (χ1v) is 10.7. The van der Waals surface area contributed by atoms with Crippen molar-refractivity contribution in [3.8, 4) is 5.75 Å². The number of anilines is 1. The maximum Gasteiger partial charge on any atom is 0.347 e. The molecule has 33 heavy (non-hydrogen) atoms. The molecule has 0 saturated heterocycles. The molecular formula is C26H24N2O5. The van der Waals surface area contributed by atoms with Gasteiger partial charge in [0.1, 0.15) is 12.3 Å². The maximum atomic E-state index is 13.0. The summed E-state index contributed by atoms with van der Waals surface area (Å²) in [6.07, 6.45) is 0.736. The summed E-state index contributed by atoms with van der Waals surface area (Å²) in [7, 11) is 0. The molecule has 4 rings (SSSR count). The first-order chi connectivity index (χ1) is 16.0. The van der Waals surface area contributed by atoms with Gasteiger partial charge in [-0.2, -0.15) is 0 Å². The normalized spacial score (nSPS) is 11.8. The third-order valence-electron chi connectivity index (χ3n) is 5.28. The van der Waals surface area contributed by atoms with Crippen LogP contribution < -0.4 is 15.6 Å². The van der Waals surface area contributed by atoms with E-state index >= 15 is 0 Å². The van der Waals surface area contributed by atoms with Crippen molar-refractivity contribution in [2.75, 3.05) is 11.9 Å². The van der Waals surface area contributed by atoms with E-state index in [2.05, 4.69) is 5.32 Å². The fourth-order valence-corrected chi connectivity index (χ4v) is 3.69. The Morgan fingerprint density at radius 3 is 2.48 bits per heavy atom. The quantitative estimate of drug-likeness (QED) is 0.433. The number of carbonyl (C=O) groups excluding carboxylic acids is 2. The molecule has 7 heteroatoms. The van der Waals surface area contributed by atoms with E-state index in [-0.39, 0.29) is 24.6 Å². The van der Waals surface area contributed by atoms with Gasteiger partial charge in [-0.15, -0.1) is 0 Å². The molecule has 0 saturated carbocycles. The van der Waals surface area contributed by atoms with Gasteiger partial charge in [0.2, 0.25) is 5.91 Å². The molecule has 0 unspecified atom stereocenters. The van der Waals surface area contributed by atoms with Gasteiger partial charge >= 0.3 is 5.97 Å². The van der Waals surface area contributed by atoms with E-state index in [1.807, 2.05) is 42.5 Å². The molecule has 4 aromatic rings. The average molecular weight is 444 g/mol. The smallest absolute Gasteiger partial charge is 0.347 e. The maximum absolute atomic E-state index is 13.0. The minimum absolute atomic E-state index is 0.137. The van der Waals surface area contributed by atoms with Crippen molar-refractivity contribution in [2.45, 2.75) is 26.5 Å². The Morgan fingerprint density at radius 1 is 0.939 bits per heavy atom. The van der Waals surface area contributed by atoms with Crippen LogP contribution in [-0.4, -0.2) is 29.2 Å². The predicted molar refractivity (Wildman–Crippen MR) is 128 cm³/mol. The molecule has 1 aromatic heterocycles. The summed E-state index contributed by atoms with van der Waals surface area (Å²) in [5.74, 6) is -0.387. The number of ether oxygens (including phenoxy) is 2. The number of amides is 1. The standard InChI is InChI=1S/C26H24N2O5/c1-3-32-26(31)17(2)33-23-13-7-11-21-20(23)14-15-28(25(21)30)16-24(29)27-22-12-6-9-18-8-4-5-10-19(18)22/h4-15,17H,3,16H2,1-2H3,(H,27,29)/t17-/m1/s1. The summed E-state index contributed by atoms with van der Waals surface area (Å²) >= 11 is 0. The second-order valence-electron chi connectivity index (χ2n) is 7.55. The number of rotatable bonds is 7. The van der Waals surface area contributed by atoms with E-state index in [1.54, 1.807) is 44.3 Å². The Labute approximate surface area is 190 Å². The number of nitrogens with one attached hydrogen (secondary N) is 1. The van der Waals surface area contributed by atoms with Crippen molar-refractivity contribution >= 4 is 39.1 Å². The number of benzene rings is 3. The number of hydrogen-bond donors (Lipinski definition) is 1. The summed E-state index contributed by atoms with van der Waals surface area (Å²) in [5, 5.41) is 5.79. The zero-order valence-corrected chi connectivity index (χ0v) is 18.4. The van der Waals surface area contributed by atoms with Gasteiger partial charge in [0.05, 0.1) is 12.0 Å². The second-order valence-corrected chi connectivity index (χ2v) is 7.55. The Balaban J connectivity index is 1.56. The van der Waals surface area contributed by atoms with Gasteiger partial charge in [-0.05, 0) is 43.5 Å². The van der Waals surface area contributed by atoms with Crippen LogP contribution in [0.1, 0.15) is 13.8 Å². The fourth-order valence-electron chi connectivity index (χ4n) is 3.69. The average Bonchev–Trinajstić information content (AvgIpc) is 2.81. The summed E-state index contributed by atoms with van der Waals surface area (Å²) in [5.41, 5.74) is 0.366. The van der Waals surface area contributed by atoms with Gasteiger partial charge in [-0.1, -0.05) is 42.5 Å². The lowest BCUT2D eigenvalue weighted by molar-refractivity contribution is -0.150. The summed E-state index contributed by atoms with van der Waals surface area (Å²) in [4.78, 5) is 37.7. The molecule has 1 atom stereocenters. The van der Waals surface area contributed by atoms with Crippen LogP contribution in [0.25, 0.3) is 21.5 Å². The van der Waals surface area contributed by atoms with Crippen LogP contribution >= 0.6 is 0 Å². The molecule has 0 aliphatic rings. The topological polar surface area (TPSA) is 86.6 Å². The van der Waals surface area contributed by atoms with Crippen LogP contribution in [0.3, 0.4) is 0 Å². The van der Waals surface area contributed by atoms with Crippen molar-refractivity contribution < 1.29 is 19.1 Å². The number of fused-ring (bicyclic) bond motifs is 2. The van der Waals surface area contributed by atoms with Crippen LogP contribution in [0.5, 0.6) is 5.75 Å². The largest absolute Gasteiger partial charge is 0.478 e. The zero-order valence-electron chi connectivity index (χ0n) is 18.4. The Morgan fingerprint density at radius 2 is 1.67 bits per heavy atom. The number of pyridine rings is 1. The molecule has 1 N–H and O–H groups in total. The molecule has 1 amide bonds. The highest BCUT2D eigenvalue weighted by Crippen LogP contribution is 2.25. The highest BCUT2D eigenvalue weighted by atomic mass is 16.6. The highest BCUT2D eigenvalue weighted by molar-refractivity contribution is 6.02. The highest BCUT2D eigenvalue weighted by Gasteiger charge is 2.18. The first kappa shape index (κ1) is 22.1. The van der Waals surface area contributed by atoms with Gasteiger partial charge in [0, 0.05) is 22.7 Å². The lowest BCUT2D eigenvalue weighted by Gasteiger charge is -2.15. The molecule has 168 valence electrons. The SMILES string of the molecule is CCOC(=O)[C@@H](C)Oc1cccc2c(=O)n(CC(=O)Nc3cccc4ccccc34)ccc12.